The highest BCUT2D eigenvalue weighted by molar-refractivity contribution is 9.11. The van der Waals surface area contributed by atoms with Gasteiger partial charge in [-0.2, -0.15) is 0 Å². The maximum atomic E-state index is 4.29. The minimum atomic E-state index is 0.248. The van der Waals surface area contributed by atoms with Crippen molar-refractivity contribution in [2.24, 2.45) is 0 Å². The van der Waals surface area contributed by atoms with Crippen LogP contribution in [0.4, 0.5) is 0 Å². The summed E-state index contributed by atoms with van der Waals surface area (Å²) >= 11 is 8.52. The molecule has 0 bridgehead atoms. The molecule has 0 unspecified atom stereocenters. The Balaban J connectivity index is 2.68. The van der Waals surface area contributed by atoms with Crippen molar-refractivity contribution in [2.75, 3.05) is 0 Å². The van der Waals surface area contributed by atoms with Crippen molar-refractivity contribution in [2.45, 2.75) is 31.3 Å². The van der Waals surface area contributed by atoms with Crippen LogP contribution in [0.2, 0.25) is 0 Å². The molecule has 0 spiro atoms. The molecule has 0 saturated carbocycles. The van der Waals surface area contributed by atoms with Gasteiger partial charge in [-0.25, -0.2) is 9.97 Å². The molecule has 0 aliphatic heterocycles. The van der Waals surface area contributed by atoms with E-state index in [9.17, 15) is 0 Å². The summed E-state index contributed by atoms with van der Waals surface area (Å²) in [7, 11) is 0. The smallest absolute Gasteiger partial charge is 0.140 e. The monoisotopic (exact) mass is 338 g/mol. The van der Waals surface area contributed by atoms with Crippen LogP contribution in [-0.2, 0) is 5.75 Å². The number of rotatable bonds is 2. The van der Waals surface area contributed by atoms with Crippen LogP contribution < -0.4 is 0 Å². The minimum Gasteiger partial charge on any atom is -0.225 e. The standard InChI is InChI=1S/C9H12Br2N2S/c1-9(2,3)14-5-8-12-6(10)4-7(11)13-8/h4H,5H2,1-3H3. The Morgan fingerprint density at radius 2 is 1.71 bits per heavy atom. The Bertz CT molecular complexity index is 303. The fraction of sp³-hybridized carbons (Fsp3) is 0.556. The second-order valence-electron chi connectivity index (χ2n) is 3.83. The number of aromatic nitrogens is 2. The third-order valence-electron chi connectivity index (χ3n) is 1.34. The van der Waals surface area contributed by atoms with Gasteiger partial charge in [-0.15, -0.1) is 11.8 Å². The summed E-state index contributed by atoms with van der Waals surface area (Å²) in [6, 6.07) is 1.84. The maximum Gasteiger partial charge on any atom is 0.140 e. The Morgan fingerprint density at radius 3 is 2.14 bits per heavy atom. The van der Waals surface area contributed by atoms with Crippen molar-refractivity contribution in [3.63, 3.8) is 0 Å². The summed E-state index contributed by atoms with van der Waals surface area (Å²) < 4.78 is 1.89. The quantitative estimate of drug-likeness (QED) is 0.760. The minimum absolute atomic E-state index is 0.248. The Morgan fingerprint density at radius 1 is 1.21 bits per heavy atom. The summed E-state index contributed by atoms with van der Waals surface area (Å²) in [5.41, 5.74) is 0. The van der Waals surface area contributed by atoms with E-state index in [4.69, 9.17) is 0 Å². The van der Waals surface area contributed by atoms with Gasteiger partial charge in [0.15, 0.2) is 0 Å². The fourth-order valence-corrected chi connectivity index (χ4v) is 2.62. The lowest BCUT2D eigenvalue weighted by Crippen LogP contribution is -2.08. The molecule has 0 radical (unpaired) electrons. The predicted molar refractivity (Wildman–Crippen MR) is 68.5 cm³/mol. The van der Waals surface area contributed by atoms with E-state index in [0.717, 1.165) is 20.8 Å². The second-order valence-corrected chi connectivity index (χ2v) is 7.26. The van der Waals surface area contributed by atoms with Crippen LogP contribution in [0.1, 0.15) is 26.6 Å². The largest absolute Gasteiger partial charge is 0.225 e. The Hall–Kier alpha value is 0.390. The van der Waals surface area contributed by atoms with Gasteiger partial charge in [-0.3, -0.25) is 0 Å². The third kappa shape index (κ3) is 4.75. The van der Waals surface area contributed by atoms with Crippen molar-refractivity contribution in [1.29, 1.82) is 0 Å². The van der Waals surface area contributed by atoms with E-state index in [-0.39, 0.29) is 4.75 Å². The molecule has 0 atom stereocenters. The van der Waals surface area contributed by atoms with E-state index < -0.39 is 0 Å². The first-order valence-electron chi connectivity index (χ1n) is 4.20. The molecule has 0 N–H and O–H groups in total. The molecule has 0 aliphatic carbocycles. The molecule has 0 aliphatic rings. The highest BCUT2D eigenvalue weighted by atomic mass is 79.9. The maximum absolute atomic E-state index is 4.29. The van der Waals surface area contributed by atoms with E-state index in [0.29, 0.717) is 0 Å². The number of hydrogen-bond donors (Lipinski definition) is 0. The van der Waals surface area contributed by atoms with Gasteiger partial charge in [0.2, 0.25) is 0 Å². The van der Waals surface area contributed by atoms with Gasteiger partial charge in [0.25, 0.3) is 0 Å². The lowest BCUT2D eigenvalue weighted by molar-refractivity contribution is 0.799. The van der Waals surface area contributed by atoms with Crippen molar-refractivity contribution in [3.05, 3.63) is 21.1 Å². The van der Waals surface area contributed by atoms with E-state index in [1.807, 2.05) is 17.8 Å². The number of halogens is 2. The van der Waals surface area contributed by atoms with Crippen LogP contribution in [0.3, 0.4) is 0 Å². The zero-order valence-corrected chi connectivity index (χ0v) is 12.3. The lowest BCUT2D eigenvalue weighted by Gasteiger charge is -2.16. The van der Waals surface area contributed by atoms with Gasteiger partial charge < -0.3 is 0 Å². The van der Waals surface area contributed by atoms with Crippen LogP contribution in [-0.4, -0.2) is 14.7 Å². The zero-order valence-electron chi connectivity index (χ0n) is 8.34. The first-order valence-corrected chi connectivity index (χ1v) is 6.77. The molecule has 2 nitrogen and oxygen atoms in total. The average molecular weight is 340 g/mol. The molecule has 0 fully saturated rings. The molecular formula is C9H12Br2N2S. The normalized spacial score (nSPS) is 11.8. The molecule has 0 aromatic carbocycles. The van der Waals surface area contributed by atoms with Crippen LogP contribution >= 0.6 is 43.6 Å². The molecule has 1 aromatic rings. The van der Waals surface area contributed by atoms with E-state index in [2.05, 4.69) is 62.6 Å². The topological polar surface area (TPSA) is 25.8 Å². The first kappa shape index (κ1) is 12.5. The zero-order chi connectivity index (χ0) is 10.8. The van der Waals surface area contributed by atoms with Crippen LogP contribution in [0.25, 0.3) is 0 Å². The van der Waals surface area contributed by atoms with Crippen LogP contribution in [0.15, 0.2) is 15.3 Å². The van der Waals surface area contributed by atoms with Crippen molar-refractivity contribution in [1.82, 2.24) is 9.97 Å². The van der Waals surface area contributed by atoms with Gasteiger partial charge in [-0.1, -0.05) is 20.8 Å². The molecule has 1 heterocycles. The summed E-state index contributed by atoms with van der Waals surface area (Å²) in [4.78, 5) is 8.58. The van der Waals surface area contributed by atoms with E-state index in [1.54, 1.807) is 0 Å². The fourth-order valence-electron chi connectivity index (χ4n) is 0.780. The highest BCUT2D eigenvalue weighted by Crippen LogP contribution is 2.26. The van der Waals surface area contributed by atoms with Crippen LogP contribution in [0.5, 0.6) is 0 Å². The summed E-state index contributed by atoms with van der Waals surface area (Å²) in [6.07, 6.45) is 0. The van der Waals surface area contributed by atoms with Crippen molar-refractivity contribution >= 4 is 43.6 Å². The average Bonchev–Trinajstić information content (AvgIpc) is 1.97. The van der Waals surface area contributed by atoms with E-state index >= 15 is 0 Å². The molecule has 1 rings (SSSR count). The number of nitrogens with zero attached hydrogens (tertiary/aromatic N) is 2. The first-order chi connectivity index (χ1) is 6.37. The number of thioether (sulfide) groups is 1. The van der Waals surface area contributed by atoms with Gasteiger partial charge in [0.1, 0.15) is 15.0 Å². The second kappa shape index (κ2) is 4.94. The van der Waals surface area contributed by atoms with Gasteiger partial charge >= 0.3 is 0 Å². The molecule has 0 amide bonds. The van der Waals surface area contributed by atoms with E-state index in [1.165, 1.54) is 0 Å². The predicted octanol–water partition coefficient (Wildman–Crippen LogP) is 4.03. The SMILES string of the molecule is CC(C)(C)SCc1nc(Br)cc(Br)n1. The molecule has 14 heavy (non-hydrogen) atoms. The van der Waals surface area contributed by atoms with Crippen molar-refractivity contribution < 1.29 is 0 Å². The molecule has 1 aromatic heterocycles. The highest BCUT2D eigenvalue weighted by Gasteiger charge is 2.12. The summed E-state index contributed by atoms with van der Waals surface area (Å²) in [5, 5.41) is 0. The Kier molecular flexibility index (Phi) is 4.40. The lowest BCUT2D eigenvalue weighted by atomic mass is 10.3. The molecule has 0 saturated heterocycles. The Labute approximate surface area is 106 Å². The summed E-state index contributed by atoms with van der Waals surface area (Å²) in [5.74, 6) is 1.69. The van der Waals surface area contributed by atoms with Gasteiger partial charge in [-0.05, 0) is 31.9 Å². The molecular weight excluding hydrogens is 328 g/mol. The summed E-state index contributed by atoms with van der Waals surface area (Å²) in [6.45, 7) is 6.56. The van der Waals surface area contributed by atoms with Gasteiger partial charge in [0, 0.05) is 10.8 Å². The van der Waals surface area contributed by atoms with Gasteiger partial charge in [0.05, 0.1) is 5.75 Å². The molecule has 5 heteroatoms. The number of hydrogen-bond acceptors (Lipinski definition) is 3. The van der Waals surface area contributed by atoms with Crippen molar-refractivity contribution in [3.8, 4) is 0 Å². The third-order valence-corrected chi connectivity index (χ3v) is 3.43. The molecule has 78 valence electrons. The van der Waals surface area contributed by atoms with Crippen LogP contribution in [0, 0.1) is 0 Å².